The number of aromatic amines is 1. The second-order valence-corrected chi connectivity index (χ2v) is 4.51. The minimum Gasteiger partial charge on any atom is -0.292 e. The van der Waals surface area contributed by atoms with Crippen molar-refractivity contribution < 1.29 is 0 Å². The summed E-state index contributed by atoms with van der Waals surface area (Å²) >= 11 is 7.12. The Morgan fingerprint density at radius 3 is 3.11 bits per heavy atom. The molecule has 2 heterocycles. The summed E-state index contributed by atoms with van der Waals surface area (Å²) in [5, 5.41) is 7.56. The molecule has 0 aliphatic rings. The number of nitrogens with one attached hydrogen (secondary N) is 2. The summed E-state index contributed by atoms with van der Waals surface area (Å²) in [5.74, 6) is 5.46. The number of anilines is 1. The number of halogens is 1. The molecule has 4 N–H and O–H groups in total. The highest BCUT2D eigenvalue weighted by Crippen LogP contribution is 2.29. The molecule has 0 fully saturated rings. The molecule has 2 aromatic rings. The summed E-state index contributed by atoms with van der Waals surface area (Å²) in [6.45, 7) is 2.35. The average molecular weight is 288 g/mol. The topological polar surface area (TPSA) is 115 Å². The van der Waals surface area contributed by atoms with Crippen LogP contribution in [0.3, 0.4) is 0 Å². The van der Waals surface area contributed by atoms with Crippen molar-refractivity contribution in [1.29, 1.82) is 0 Å². The SMILES string of the molecule is CCn1c(Sc2nc(NN)ncc2Cl)n[nH]c1=O. The second-order valence-electron chi connectivity index (χ2n) is 3.15. The van der Waals surface area contributed by atoms with Crippen LogP contribution >= 0.6 is 23.4 Å². The molecule has 96 valence electrons. The summed E-state index contributed by atoms with van der Waals surface area (Å²) in [7, 11) is 0. The number of hydrazine groups is 1. The van der Waals surface area contributed by atoms with Gasteiger partial charge in [-0.25, -0.2) is 25.7 Å². The van der Waals surface area contributed by atoms with Crippen molar-refractivity contribution >= 4 is 29.3 Å². The van der Waals surface area contributed by atoms with E-state index >= 15 is 0 Å². The number of H-pyrrole nitrogens is 1. The maximum atomic E-state index is 11.4. The van der Waals surface area contributed by atoms with Gasteiger partial charge in [0.25, 0.3) is 0 Å². The lowest BCUT2D eigenvalue weighted by Crippen LogP contribution is -2.16. The summed E-state index contributed by atoms with van der Waals surface area (Å²) in [4.78, 5) is 19.3. The van der Waals surface area contributed by atoms with Gasteiger partial charge < -0.3 is 0 Å². The Morgan fingerprint density at radius 2 is 2.44 bits per heavy atom. The van der Waals surface area contributed by atoms with Crippen LogP contribution in [-0.4, -0.2) is 24.7 Å². The molecule has 2 rings (SSSR count). The van der Waals surface area contributed by atoms with Gasteiger partial charge in [0.15, 0.2) is 5.16 Å². The van der Waals surface area contributed by atoms with Gasteiger partial charge in [0.05, 0.1) is 11.2 Å². The Morgan fingerprint density at radius 1 is 1.67 bits per heavy atom. The zero-order valence-corrected chi connectivity index (χ0v) is 10.9. The minimum atomic E-state index is -0.276. The van der Waals surface area contributed by atoms with Crippen molar-refractivity contribution in [1.82, 2.24) is 24.7 Å². The first-order chi connectivity index (χ1) is 8.65. The lowest BCUT2D eigenvalue weighted by atomic mass is 10.7. The van der Waals surface area contributed by atoms with E-state index in [1.54, 1.807) is 0 Å². The molecule has 0 atom stereocenters. The van der Waals surface area contributed by atoms with Crippen LogP contribution < -0.4 is 17.0 Å². The third kappa shape index (κ3) is 2.47. The number of hydrogen-bond donors (Lipinski definition) is 3. The highest BCUT2D eigenvalue weighted by Gasteiger charge is 2.13. The van der Waals surface area contributed by atoms with Gasteiger partial charge in [-0.3, -0.25) is 9.99 Å². The number of nitrogens with zero attached hydrogens (tertiary/aromatic N) is 4. The standard InChI is InChI=1S/C8H10ClN7OS/c1-2-16-7(17)14-15-8(16)18-5-4(9)3-11-6(12-5)13-10/h3H,2,10H2,1H3,(H,14,17)(H,11,12,13). The maximum Gasteiger partial charge on any atom is 0.343 e. The predicted molar refractivity (Wildman–Crippen MR) is 67.5 cm³/mol. The Labute approximate surface area is 111 Å². The van der Waals surface area contributed by atoms with Crippen LogP contribution in [0.25, 0.3) is 0 Å². The van der Waals surface area contributed by atoms with Crippen LogP contribution in [0.1, 0.15) is 6.92 Å². The molecule has 0 bridgehead atoms. The van der Waals surface area contributed by atoms with Crippen LogP contribution in [0, 0.1) is 0 Å². The summed E-state index contributed by atoms with van der Waals surface area (Å²) in [6.07, 6.45) is 1.42. The van der Waals surface area contributed by atoms with E-state index in [4.69, 9.17) is 17.4 Å². The molecular weight excluding hydrogens is 278 g/mol. The monoisotopic (exact) mass is 287 g/mol. The number of nitrogens with two attached hydrogens (primary N) is 1. The first kappa shape index (κ1) is 12.9. The lowest BCUT2D eigenvalue weighted by molar-refractivity contribution is 0.660. The molecule has 10 heteroatoms. The fraction of sp³-hybridized carbons (Fsp3) is 0.250. The van der Waals surface area contributed by atoms with E-state index < -0.39 is 0 Å². The molecule has 0 unspecified atom stereocenters. The van der Waals surface area contributed by atoms with Gasteiger partial charge in [-0.1, -0.05) is 11.6 Å². The second kappa shape index (κ2) is 5.38. The molecule has 18 heavy (non-hydrogen) atoms. The average Bonchev–Trinajstić information content (AvgIpc) is 2.72. The fourth-order valence-electron chi connectivity index (χ4n) is 1.24. The highest BCUT2D eigenvalue weighted by molar-refractivity contribution is 7.99. The third-order valence-corrected chi connectivity index (χ3v) is 3.46. The van der Waals surface area contributed by atoms with Gasteiger partial charge in [-0.2, -0.15) is 0 Å². The summed E-state index contributed by atoms with van der Waals surface area (Å²) in [5.41, 5.74) is 2.05. The van der Waals surface area contributed by atoms with Crippen LogP contribution in [0.5, 0.6) is 0 Å². The van der Waals surface area contributed by atoms with E-state index in [1.165, 1.54) is 10.8 Å². The first-order valence-corrected chi connectivity index (χ1v) is 6.17. The molecule has 0 saturated carbocycles. The zero-order chi connectivity index (χ0) is 13.1. The van der Waals surface area contributed by atoms with Gasteiger partial charge in [0.1, 0.15) is 5.03 Å². The van der Waals surface area contributed by atoms with Gasteiger partial charge >= 0.3 is 5.69 Å². The maximum absolute atomic E-state index is 11.4. The largest absolute Gasteiger partial charge is 0.343 e. The molecule has 0 aromatic carbocycles. The predicted octanol–water partition coefficient (Wildman–Crippen LogP) is 0.472. The van der Waals surface area contributed by atoms with Gasteiger partial charge in [0, 0.05) is 6.54 Å². The quantitative estimate of drug-likeness (QED) is 0.425. The molecule has 0 amide bonds. The zero-order valence-electron chi connectivity index (χ0n) is 9.35. The summed E-state index contributed by atoms with van der Waals surface area (Å²) < 4.78 is 1.47. The van der Waals surface area contributed by atoms with Crippen molar-refractivity contribution in [2.75, 3.05) is 5.43 Å². The van der Waals surface area contributed by atoms with E-state index in [0.29, 0.717) is 21.7 Å². The van der Waals surface area contributed by atoms with E-state index in [-0.39, 0.29) is 11.6 Å². The fourth-order valence-corrected chi connectivity index (χ4v) is 2.31. The van der Waals surface area contributed by atoms with Crippen LogP contribution in [0.15, 0.2) is 21.2 Å². The Hall–Kier alpha value is -1.58. The molecule has 0 aliphatic heterocycles. The van der Waals surface area contributed by atoms with Crippen LogP contribution in [-0.2, 0) is 6.54 Å². The lowest BCUT2D eigenvalue weighted by Gasteiger charge is -2.04. The van der Waals surface area contributed by atoms with Crippen molar-refractivity contribution in [3.63, 3.8) is 0 Å². The summed E-state index contributed by atoms with van der Waals surface area (Å²) in [6, 6.07) is 0. The highest BCUT2D eigenvalue weighted by atomic mass is 35.5. The van der Waals surface area contributed by atoms with Crippen molar-refractivity contribution in [2.45, 2.75) is 23.7 Å². The van der Waals surface area contributed by atoms with E-state index in [1.807, 2.05) is 6.92 Å². The van der Waals surface area contributed by atoms with E-state index in [0.717, 1.165) is 11.8 Å². The van der Waals surface area contributed by atoms with Gasteiger partial charge in [-0.15, -0.1) is 5.10 Å². The number of rotatable bonds is 4. The molecule has 8 nitrogen and oxygen atoms in total. The molecule has 0 saturated heterocycles. The first-order valence-electron chi connectivity index (χ1n) is 4.98. The van der Waals surface area contributed by atoms with Crippen molar-refractivity contribution in [2.24, 2.45) is 5.84 Å². The third-order valence-electron chi connectivity index (χ3n) is 2.07. The minimum absolute atomic E-state index is 0.239. The van der Waals surface area contributed by atoms with E-state index in [9.17, 15) is 4.79 Å². The Kier molecular flexibility index (Phi) is 3.84. The molecule has 0 spiro atoms. The number of nitrogen functional groups attached to an aromatic ring is 1. The smallest absolute Gasteiger partial charge is 0.292 e. The number of aromatic nitrogens is 5. The van der Waals surface area contributed by atoms with Crippen LogP contribution in [0.2, 0.25) is 5.02 Å². The van der Waals surface area contributed by atoms with Crippen LogP contribution in [0.4, 0.5) is 5.95 Å². The number of hydrogen-bond acceptors (Lipinski definition) is 7. The molecule has 0 radical (unpaired) electrons. The molecule has 0 aliphatic carbocycles. The van der Waals surface area contributed by atoms with Gasteiger partial charge in [-0.05, 0) is 18.7 Å². The normalized spacial score (nSPS) is 10.6. The Bertz CT molecular complexity index is 610. The van der Waals surface area contributed by atoms with Gasteiger partial charge in [0.2, 0.25) is 5.95 Å². The van der Waals surface area contributed by atoms with Crippen molar-refractivity contribution in [3.05, 3.63) is 21.7 Å². The molecule has 2 aromatic heterocycles. The Balaban J connectivity index is 2.36. The van der Waals surface area contributed by atoms with Crippen molar-refractivity contribution in [3.8, 4) is 0 Å². The molecular formula is C8H10ClN7OS. The van der Waals surface area contributed by atoms with E-state index in [2.05, 4.69) is 25.6 Å².